The minimum absolute atomic E-state index is 0.132. The van der Waals surface area contributed by atoms with Gasteiger partial charge in [0.15, 0.2) is 4.96 Å². The second-order valence-electron chi connectivity index (χ2n) is 4.66. The number of hydrogen-bond acceptors (Lipinski definition) is 7. The van der Waals surface area contributed by atoms with Gasteiger partial charge in [0, 0.05) is 23.8 Å². The minimum Gasteiger partial charge on any atom is -0.465 e. The molecule has 2 aromatic heterocycles. The first-order valence-corrected chi connectivity index (χ1v) is 7.48. The molecule has 1 N–H and O–H groups in total. The molecule has 0 atom stereocenters. The van der Waals surface area contributed by atoms with Crippen molar-refractivity contribution in [3.63, 3.8) is 0 Å². The van der Waals surface area contributed by atoms with E-state index < -0.39 is 10.9 Å². The molecular formula is C14H12N4O4S. The summed E-state index contributed by atoms with van der Waals surface area (Å²) in [4.78, 5) is 27.4. The SMILES string of the molecule is COC(=O)c1ccc(NCc2cn3ccsc3n2)c([N+](=O)[O-])c1. The first kappa shape index (κ1) is 15.0. The first-order chi connectivity index (χ1) is 11.1. The third-order valence-electron chi connectivity index (χ3n) is 3.22. The summed E-state index contributed by atoms with van der Waals surface area (Å²) in [5.41, 5.74) is 1.03. The van der Waals surface area contributed by atoms with Gasteiger partial charge < -0.3 is 10.1 Å². The summed E-state index contributed by atoms with van der Waals surface area (Å²) in [5, 5.41) is 16.1. The lowest BCUT2D eigenvalue weighted by atomic mass is 10.1. The monoisotopic (exact) mass is 332 g/mol. The lowest BCUT2D eigenvalue weighted by Gasteiger charge is -2.07. The highest BCUT2D eigenvalue weighted by Gasteiger charge is 2.18. The Bertz CT molecular complexity index is 857. The number of carbonyl (C=O) groups is 1. The number of carbonyl (C=O) groups excluding carboxylic acids is 1. The van der Waals surface area contributed by atoms with Crippen molar-refractivity contribution in [1.29, 1.82) is 0 Å². The number of nitrogens with zero attached hydrogens (tertiary/aromatic N) is 3. The fourth-order valence-electron chi connectivity index (χ4n) is 2.12. The largest absolute Gasteiger partial charge is 0.465 e. The highest BCUT2D eigenvalue weighted by atomic mass is 32.1. The molecule has 0 radical (unpaired) electrons. The van der Waals surface area contributed by atoms with Crippen LogP contribution in [-0.4, -0.2) is 27.4 Å². The van der Waals surface area contributed by atoms with Gasteiger partial charge in [0.2, 0.25) is 0 Å². The number of aromatic nitrogens is 2. The van der Waals surface area contributed by atoms with Crippen molar-refractivity contribution >= 4 is 33.6 Å². The van der Waals surface area contributed by atoms with Crippen LogP contribution in [0.15, 0.2) is 36.0 Å². The Labute approximate surface area is 134 Å². The van der Waals surface area contributed by atoms with E-state index in [9.17, 15) is 14.9 Å². The number of esters is 1. The summed E-state index contributed by atoms with van der Waals surface area (Å²) >= 11 is 1.51. The molecule has 0 spiro atoms. The zero-order valence-electron chi connectivity index (χ0n) is 12.1. The minimum atomic E-state index is -0.617. The van der Waals surface area contributed by atoms with Gasteiger partial charge in [0.05, 0.1) is 29.8 Å². The second kappa shape index (κ2) is 6.05. The van der Waals surface area contributed by atoms with Crippen molar-refractivity contribution in [3.05, 3.63) is 57.3 Å². The number of thiazole rings is 1. The molecule has 0 aliphatic rings. The zero-order chi connectivity index (χ0) is 16.4. The summed E-state index contributed by atoms with van der Waals surface area (Å²) in [6.07, 6.45) is 3.75. The molecule has 2 heterocycles. The van der Waals surface area contributed by atoms with E-state index >= 15 is 0 Å². The number of nitro groups is 1. The van der Waals surface area contributed by atoms with Crippen LogP contribution in [0.2, 0.25) is 0 Å². The smallest absolute Gasteiger partial charge is 0.338 e. The van der Waals surface area contributed by atoms with E-state index in [1.807, 2.05) is 22.2 Å². The average molecular weight is 332 g/mol. The van der Waals surface area contributed by atoms with Crippen LogP contribution in [0.25, 0.3) is 4.96 Å². The molecular weight excluding hydrogens is 320 g/mol. The van der Waals surface area contributed by atoms with E-state index in [-0.39, 0.29) is 11.3 Å². The quantitative estimate of drug-likeness (QED) is 0.438. The number of benzene rings is 1. The van der Waals surface area contributed by atoms with Gasteiger partial charge in [-0.25, -0.2) is 9.78 Å². The second-order valence-corrected chi connectivity index (χ2v) is 5.53. The van der Waals surface area contributed by atoms with Gasteiger partial charge in [-0.2, -0.15) is 0 Å². The van der Waals surface area contributed by atoms with Crippen LogP contribution < -0.4 is 5.32 Å². The van der Waals surface area contributed by atoms with E-state index in [4.69, 9.17) is 0 Å². The number of nitro benzene ring substituents is 1. The van der Waals surface area contributed by atoms with Gasteiger partial charge in [-0.3, -0.25) is 14.5 Å². The first-order valence-electron chi connectivity index (χ1n) is 6.60. The summed E-state index contributed by atoms with van der Waals surface area (Å²) < 4.78 is 6.46. The number of methoxy groups -OCH3 is 1. The molecule has 23 heavy (non-hydrogen) atoms. The van der Waals surface area contributed by atoms with Crippen LogP contribution in [-0.2, 0) is 11.3 Å². The Hall–Kier alpha value is -2.94. The maximum atomic E-state index is 11.5. The van der Waals surface area contributed by atoms with E-state index in [0.29, 0.717) is 12.2 Å². The third kappa shape index (κ3) is 2.99. The number of nitrogens with one attached hydrogen (secondary N) is 1. The number of imidazole rings is 1. The molecule has 0 unspecified atom stereocenters. The van der Waals surface area contributed by atoms with Crippen LogP contribution in [0.5, 0.6) is 0 Å². The van der Waals surface area contributed by atoms with Gasteiger partial charge in [-0.15, -0.1) is 11.3 Å². The van der Waals surface area contributed by atoms with Gasteiger partial charge in [-0.05, 0) is 12.1 Å². The van der Waals surface area contributed by atoms with Crippen molar-refractivity contribution in [1.82, 2.24) is 9.38 Å². The number of ether oxygens (including phenoxy) is 1. The van der Waals surface area contributed by atoms with Crippen molar-refractivity contribution in [2.45, 2.75) is 6.54 Å². The van der Waals surface area contributed by atoms with E-state index in [1.165, 1.54) is 36.6 Å². The number of rotatable bonds is 5. The topological polar surface area (TPSA) is 98.8 Å². The summed E-state index contributed by atoms with van der Waals surface area (Å²) in [5.74, 6) is -0.617. The number of anilines is 1. The molecule has 9 heteroatoms. The van der Waals surface area contributed by atoms with Crippen molar-refractivity contribution in [2.24, 2.45) is 0 Å². The van der Waals surface area contributed by atoms with Gasteiger partial charge in [0.25, 0.3) is 5.69 Å². The Kier molecular flexibility index (Phi) is 3.94. The Morgan fingerprint density at radius 3 is 3.04 bits per heavy atom. The summed E-state index contributed by atoms with van der Waals surface area (Å²) in [7, 11) is 1.23. The average Bonchev–Trinajstić information content (AvgIpc) is 3.13. The fourth-order valence-corrected chi connectivity index (χ4v) is 2.84. The molecule has 1 aromatic carbocycles. The van der Waals surface area contributed by atoms with Gasteiger partial charge in [-0.1, -0.05) is 0 Å². The summed E-state index contributed by atoms with van der Waals surface area (Å²) in [6, 6.07) is 4.16. The number of fused-ring (bicyclic) bond motifs is 1. The van der Waals surface area contributed by atoms with E-state index in [0.717, 1.165) is 10.7 Å². The van der Waals surface area contributed by atoms with Crippen molar-refractivity contribution < 1.29 is 14.5 Å². The standard InChI is InChI=1S/C14H12N4O4S/c1-22-13(19)9-2-3-11(12(6-9)18(20)21)15-7-10-8-17-4-5-23-14(17)16-10/h2-6,8,15H,7H2,1H3. The van der Waals surface area contributed by atoms with Gasteiger partial charge >= 0.3 is 5.97 Å². The Balaban J connectivity index is 1.82. The third-order valence-corrected chi connectivity index (χ3v) is 3.99. The molecule has 0 aliphatic heterocycles. The number of hydrogen-bond donors (Lipinski definition) is 1. The lowest BCUT2D eigenvalue weighted by molar-refractivity contribution is -0.384. The maximum absolute atomic E-state index is 11.5. The molecule has 0 saturated heterocycles. The highest BCUT2D eigenvalue weighted by molar-refractivity contribution is 7.15. The maximum Gasteiger partial charge on any atom is 0.338 e. The molecule has 3 rings (SSSR count). The van der Waals surface area contributed by atoms with E-state index in [2.05, 4.69) is 15.0 Å². The molecule has 0 fully saturated rings. The highest BCUT2D eigenvalue weighted by Crippen LogP contribution is 2.26. The van der Waals surface area contributed by atoms with Crippen LogP contribution in [0.3, 0.4) is 0 Å². The normalized spacial score (nSPS) is 10.7. The van der Waals surface area contributed by atoms with Crippen LogP contribution in [0, 0.1) is 10.1 Å². The van der Waals surface area contributed by atoms with Crippen LogP contribution in [0.1, 0.15) is 16.1 Å². The van der Waals surface area contributed by atoms with Crippen LogP contribution >= 0.6 is 11.3 Å². The molecule has 3 aromatic rings. The zero-order valence-corrected chi connectivity index (χ0v) is 12.9. The molecule has 0 aliphatic carbocycles. The van der Waals surface area contributed by atoms with E-state index in [1.54, 1.807) is 0 Å². The van der Waals surface area contributed by atoms with Gasteiger partial charge in [0.1, 0.15) is 5.69 Å². The molecule has 8 nitrogen and oxygen atoms in total. The molecule has 118 valence electrons. The van der Waals surface area contributed by atoms with Crippen molar-refractivity contribution in [3.8, 4) is 0 Å². The predicted molar refractivity (Wildman–Crippen MR) is 84.8 cm³/mol. The van der Waals surface area contributed by atoms with Crippen LogP contribution in [0.4, 0.5) is 11.4 Å². The molecule has 0 amide bonds. The fraction of sp³-hybridized carbons (Fsp3) is 0.143. The lowest BCUT2D eigenvalue weighted by Crippen LogP contribution is -2.06. The molecule has 0 saturated carbocycles. The summed E-state index contributed by atoms with van der Waals surface area (Å²) in [6.45, 7) is 0.340. The Morgan fingerprint density at radius 1 is 1.52 bits per heavy atom. The predicted octanol–water partition coefficient (Wildman–Crippen LogP) is 2.70. The Morgan fingerprint density at radius 2 is 2.35 bits per heavy atom. The molecule has 0 bridgehead atoms. The van der Waals surface area contributed by atoms with Crippen molar-refractivity contribution in [2.75, 3.05) is 12.4 Å².